The second-order valence-corrected chi connectivity index (χ2v) is 5.18. The van der Waals surface area contributed by atoms with Crippen LogP contribution in [0, 0.1) is 6.92 Å². The number of amides is 1. The molecular weight excluding hydrogens is 284 g/mol. The van der Waals surface area contributed by atoms with Gasteiger partial charge >= 0.3 is 5.97 Å². The number of rotatable bonds is 4. The van der Waals surface area contributed by atoms with Crippen molar-refractivity contribution in [2.24, 2.45) is 0 Å². The number of nitrogens with zero attached hydrogens (tertiary/aromatic N) is 1. The maximum Gasteiger partial charge on any atom is 0.337 e. The fraction of sp³-hybridized carbons (Fsp3) is 0.312. The number of aryl methyl sites for hydroxylation is 1. The molecule has 0 aliphatic carbocycles. The van der Waals surface area contributed by atoms with E-state index in [1.807, 2.05) is 13.8 Å². The molecule has 2 aromatic rings. The van der Waals surface area contributed by atoms with Crippen LogP contribution in [-0.2, 0) is 4.74 Å². The number of ether oxygens (including phenoxy) is 1. The zero-order chi connectivity index (χ0) is 16.3. The number of aromatic nitrogens is 1. The van der Waals surface area contributed by atoms with Gasteiger partial charge in [-0.05, 0) is 31.2 Å². The molecule has 6 nitrogen and oxygen atoms in total. The first-order chi connectivity index (χ1) is 10.4. The van der Waals surface area contributed by atoms with Crippen LogP contribution in [0.2, 0.25) is 0 Å². The molecule has 1 heterocycles. The Kier molecular flexibility index (Phi) is 4.60. The lowest BCUT2D eigenvalue weighted by atomic mass is 10.0. The van der Waals surface area contributed by atoms with Crippen molar-refractivity contribution in [3.63, 3.8) is 0 Å². The van der Waals surface area contributed by atoms with Gasteiger partial charge in [-0.25, -0.2) is 4.79 Å². The summed E-state index contributed by atoms with van der Waals surface area (Å²) in [6, 6.07) is 6.46. The molecule has 0 atom stereocenters. The van der Waals surface area contributed by atoms with Gasteiger partial charge in [0.15, 0.2) is 5.76 Å². The van der Waals surface area contributed by atoms with Gasteiger partial charge in [0.05, 0.1) is 18.4 Å². The number of anilines is 1. The summed E-state index contributed by atoms with van der Waals surface area (Å²) >= 11 is 0. The second kappa shape index (κ2) is 6.43. The average Bonchev–Trinajstić information content (AvgIpc) is 2.89. The third-order valence-electron chi connectivity index (χ3n) is 3.20. The Hall–Kier alpha value is -2.63. The Balaban J connectivity index is 2.19. The van der Waals surface area contributed by atoms with Crippen molar-refractivity contribution >= 4 is 17.6 Å². The summed E-state index contributed by atoms with van der Waals surface area (Å²) in [4.78, 5) is 23.8. The van der Waals surface area contributed by atoms with Crippen LogP contribution in [-0.4, -0.2) is 24.1 Å². The van der Waals surface area contributed by atoms with Crippen molar-refractivity contribution in [1.29, 1.82) is 0 Å². The van der Waals surface area contributed by atoms with Gasteiger partial charge in [0, 0.05) is 11.6 Å². The van der Waals surface area contributed by atoms with E-state index in [1.54, 1.807) is 31.2 Å². The molecule has 0 aliphatic rings. The van der Waals surface area contributed by atoms with Crippen molar-refractivity contribution in [2.75, 3.05) is 12.4 Å². The lowest BCUT2D eigenvalue weighted by Gasteiger charge is -2.07. The van der Waals surface area contributed by atoms with Crippen LogP contribution in [0.25, 0.3) is 0 Å². The van der Waals surface area contributed by atoms with Gasteiger partial charge in [0.2, 0.25) is 0 Å². The molecule has 0 saturated carbocycles. The van der Waals surface area contributed by atoms with Gasteiger partial charge < -0.3 is 14.6 Å². The van der Waals surface area contributed by atoms with E-state index in [1.165, 1.54) is 7.11 Å². The van der Waals surface area contributed by atoms with Crippen molar-refractivity contribution in [2.45, 2.75) is 26.7 Å². The molecule has 22 heavy (non-hydrogen) atoms. The number of benzene rings is 1. The molecule has 2 rings (SSSR count). The Morgan fingerprint density at radius 1 is 1.23 bits per heavy atom. The topological polar surface area (TPSA) is 81.4 Å². The van der Waals surface area contributed by atoms with Crippen LogP contribution in [0.5, 0.6) is 0 Å². The number of carbonyl (C=O) groups is 2. The maximum absolute atomic E-state index is 12.4. The highest BCUT2D eigenvalue weighted by Crippen LogP contribution is 2.23. The average molecular weight is 302 g/mol. The molecular formula is C16H18N2O4. The largest absolute Gasteiger partial charge is 0.465 e. The molecule has 0 radical (unpaired) electrons. The molecule has 0 fully saturated rings. The molecule has 6 heteroatoms. The van der Waals surface area contributed by atoms with E-state index in [2.05, 4.69) is 15.2 Å². The molecule has 1 N–H and O–H groups in total. The van der Waals surface area contributed by atoms with Gasteiger partial charge in [0.25, 0.3) is 5.91 Å². The van der Waals surface area contributed by atoms with Gasteiger partial charge in [-0.3, -0.25) is 4.79 Å². The first kappa shape index (κ1) is 15.8. The normalized spacial score (nSPS) is 10.6. The van der Waals surface area contributed by atoms with E-state index in [9.17, 15) is 9.59 Å². The predicted octanol–water partition coefficient (Wildman–Crippen LogP) is 3.15. The minimum Gasteiger partial charge on any atom is -0.465 e. The van der Waals surface area contributed by atoms with Gasteiger partial charge in [-0.2, -0.15) is 0 Å². The first-order valence-electron chi connectivity index (χ1n) is 6.90. The van der Waals surface area contributed by atoms with Crippen LogP contribution < -0.4 is 5.32 Å². The summed E-state index contributed by atoms with van der Waals surface area (Å²) in [6.45, 7) is 5.59. The van der Waals surface area contributed by atoms with Crippen molar-refractivity contribution in [1.82, 2.24) is 5.16 Å². The smallest absolute Gasteiger partial charge is 0.337 e. The van der Waals surface area contributed by atoms with Crippen molar-refractivity contribution < 1.29 is 18.8 Å². The Bertz CT molecular complexity index is 687. The lowest BCUT2D eigenvalue weighted by Crippen LogP contribution is -2.15. The summed E-state index contributed by atoms with van der Waals surface area (Å²) in [6.07, 6.45) is 0. The molecule has 116 valence electrons. The minimum absolute atomic E-state index is 0.0589. The van der Waals surface area contributed by atoms with Crippen LogP contribution >= 0.6 is 0 Å². The van der Waals surface area contributed by atoms with Crippen molar-refractivity contribution in [3.05, 3.63) is 46.8 Å². The molecule has 1 aromatic heterocycles. The van der Waals surface area contributed by atoms with E-state index in [0.29, 0.717) is 28.3 Å². The zero-order valence-corrected chi connectivity index (χ0v) is 13.0. The van der Waals surface area contributed by atoms with Gasteiger partial charge in [-0.1, -0.05) is 19.0 Å². The molecule has 0 bridgehead atoms. The number of hydrogen-bond acceptors (Lipinski definition) is 5. The van der Waals surface area contributed by atoms with Crippen LogP contribution in [0.3, 0.4) is 0 Å². The molecule has 0 spiro atoms. The van der Waals surface area contributed by atoms with Gasteiger partial charge in [-0.15, -0.1) is 0 Å². The standard InChI is InChI=1S/C16H18N2O4/c1-9(2)14-13(10(3)18-22-14)15(19)17-12-7-5-11(6-8-12)16(20)21-4/h5-9H,1-4H3,(H,17,19). The van der Waals surface area contributed by atoms with Crippen LogP contribution in [0.15, 0.2) is 28.8 Å². The number of hydrogen-bond donors (Lipinski definition) is 1. The number of nitrogens with one attached hydrogen (secondary N) is 1. The molecule has 0 unspecified atom stereocenters. The quantitative estimate of drug-likeness (QED) is 0.877. The number of carbonyl (C=O) groups excluding carboxylic acids is 2. The van der Waals surface area contributed by atoms with E-state index in [4.69, 9.17) is 4.52 Å². The monoisotopic (exact) mass is 302 g/mol. The molecule has 1 amide bonds. The minimum atomic E-state index is -0.421. The number of esters is 1. The van der Waals surface area contributed by atoms with E-state index in [0.717, 1.165) is 0 Å². The maximum atomic E-state index is 12.4. The summed E-state index contributed by atoms with van der Waals surface area (Å²) in [5, 5.41) is 6.63. The Labute approximate surface area is 128 Å². The van der Waals surface area contributed by atoms with Crippen LogP contribution in [0.4, 0.5) is 5.69 Å². The SMILES string of the molecule is COC(=O)c1ccc(NC(=O)c2c(C)noc2C(C)C)cc1. The highest BCUT2D eigenvalue weighted by atomic mass is 16.5. The van der Waals surface area contributed by atoms with E-state index in [-0.39, 0.29) is 11.8 Å². The molecule has 0 aliphatic heterocycles. The zero-order valence-electron chi connectivity index (χ0n) is 13.0. The fourth-order valence-electron chi connectivity index (χ4n) is 2.06. The Morgan fingerprint density at radius 3 is 2.41 bits per heavy atom. The summed E-state index contributed by atoms with van der Waals surface area (Å²) < 4.78 is 9.84. The Morgan fingerprint density at radius 2 is 1.86 bits per heavy atom. The van der Waals surface area contributed by atoms with E-state index >= 15 is 0 Å². The highest BCUT2D eigenvalue weighted by molar-refractivity contribution is 6.06. The summed E-state index contributed by atoms with van der Waals surface area (Å²) in [5.74, 6) is -0.0899. The summed E-state index contributed by atoms with van der Waals surface area (Å²) in [5.41, 5.74) is 2.00. The first-order valence-corrected chi connectivity index (χ1v) is 6.90. The third-order valence-corrected chi connectivity index (χ3v) is 3.20. The predicted molar refractivity (Wildman–Crippen MR) is 81.1 cm³/mol. The van der Waals surface area contributed by atoms with Gasteiger partial charge in [0.1, 0.15) is 5.56 Å². The van der Waals surface area contributed by atoms with Crippen LogP contribution in [0.1, 0.15) is 51.9 Å². The van der Waals surface area contributed by atoms with E-state index < -0.39 is 5.97 Å². The third kappa shape index (κ3) is 3.16. The van der Waals surface area contributed by atoms with Crippen molar-refractivity contribution in [3.8, 4) is 0 Å². The summed E-state index contributed by atoms with van der Waals surface area (Å²) in [7, 11) is 1.32. The molecule has 0 saturated heterocycles. The molecule has 1 aromatic carbocycles. The highest BCUT2D eigenvalue weighted by Gasteiger charge is 2.22. The fourth-order valence-corrected chi connectivity index (χ4v) is 2.06. The lowest BCUT2D eigenvalue weighted by molar-refractivity contribution is 0.0600. The second-order valence-electron chi connectivity index (χ2n) is 5.18. The number of methoxy groups -OCH3 is 1.